The van der Waals surface area contributed by atoms with E-state index in [0.717, 1.165) is 5.56 Å². The Morgan fingerprint density at radius 3 is 2.71 bits per heavy atom. The second-order valence-corrected chi connectivity index (χ2v) is 6.40. The molecule has 0 aliphatic rings. The molecule has 0 aromatic heterocycles. The lowest BCUT2D eigenvalue weighted by Gasteiger charge is -2.10. The van der Waals surface area contributed by atoms with Crippen molar-refractivity contribution in [3.63, 3.8) is 0 Å². The van der Waals surface area contributed by atoms with Crippen molar-refractivity contribution in [1.29, 1.82) is 0 Å². The van der Waals surface area contributed by atoms with Crippen LogP contribution in [0.25, 0.3) is 0 Å². The van der Waals surface area contributed by atoms with E-state index in [1.54, 1.807) is 42.5 Å². The van der Waals surface area contributed by atoms with Crippen LogP contribution in [0.2, 0.25) is 5.02 Å². The summed E-state index contributed by atoms with van der Waals surface area (Å²) >= 11 is 5.84. The number of carbonyl (C=O) groups excluding carboxylic acids is 1. The van der Waals surface area contributed by atoms with Crippen molar-refractivity contribution in [2.75, 3.05) is 16.8 Å². The fraction of sp³-hybridized carbons (Fsp3) is 0.133. The highest BCUT2D eigenvalue weighted by atomic mass is 35.5. The average Bonchev–Trinajstić information content (AvgIpc) is 2.44. The van der Waals surface area contributed by atoms with Crippen LogP contribution < -0.4 is 11.1 Å². The zero-order valence-electron chi connectivity index (χ0n) is 11.4. The van der Waals surface area contributed by atoms with Crippen molar-refractivity contribution < 1.29 is 9.00 Å². The molecular weight excluding hydrogens is 308 g/mol. The van der Waals surface area contributed by atoms with Gasteiger partial charge in [-0.1, -0.05) is 23.7 Å². The highest BCUT2D eigenvalue weighted by Crippen LogP contribution is 2.20. The number of benzene rings is 2. The average molecular weight is 323 g/mol. The number of hydrogen-bond donors (Lipinski definition) is 2. The highest BCUT2D eigenvalue weighted by Gasteiger charge is 2.12. The number of nitrogen functional groups attached to an aromatic ring is 1. The minimum Gasteiger partial charge on any atom is -0.398 e. The van der Waals surface area contributed by atoms with Gasteiger partial charge in [-0.3, -0.25) is 9.00 Å². The Balaban J connectivity index is 2.05. The monoisotopic (exact) mass is 322 g/mol. The first kappa shape index (κ1) is 15.5. The Hall–Kier alpha value is -1.85. The van der Waals surface area contributed by atoms with Crippen LogP contribution in [-0.2, 0) is 15.6 Å². The van der Waals surface area contributed by atoms with Crippen LogP contribution in [-0.4, -0.2) is 15.9 Å². The molecule has 21 heavy (non-hydrogen) atoms. The van der Waals surface area contributed by atoms with E-state index in [-0.39, 0.29) is 11.7 Å². The molecule has 0 aliphatic heterocycles. The second kappa shape index (κ2) is 6.74. The van der Waals surface area contributed by atoms with Gasteiger partial charge in [0.1, 0.15) is 5.75 Å². The van der Waals surface area contributed by atoms with Gasteiger partial charge in [0.25, 0.3) is 0 Å². The van der Waals surface area contributed by atoms with E-state index in [1.165, 1.54) is 0 Å². The maximum absolute atomic E-state index is 12.1. The van der Waals surface area contributed by atoms with Crippen LogP contribution in [0.4, 0.5) is 11.4 Å². The largest absolute Gasteiger partial charge is 0.398 e. The van der Waals surface area contributed by atoms with E-state index < -0.39 is 10.8 Å². The summed E-state index contributed by atoms with van der Waals surface area (Å²) in [5, 5.41) is 3.21. The minimum absolute atomic E-state index is 0.130. The number of anilines is 2. The Labute approximate surface area is 130 Å². The minimum atomic E-state index is -1.44. The summed E-state index contributed by atoms with van der Waals surface area (Å²) in [6, 6.07) is 11.9. The van der Waals surface area contributed by atoms with Crippen molar-refractivity contribution in [3.8, 4) is 0 Å². The SMILES string of the molecule is Cc1c(N)cccc1NC(=O)CS(=O)c1cccc(Cl)c1. The lowest BCUT2D eigenvalue weighted by molar-refractivity contribution is -0.113. The molecule has 1 amide bonds. The Morgan fingerprint density at radius 2 is 2.00 bits per heavy atom. The summed E-state index contributed by atoms with van der Waals surface area (Å²) in [6.07, 6.45) is 0. The molecule has 0 spiro atoms. The van der Waals surface area contributed by atoms with Gasteiger partial charge in [0, 0.05) is 21.3 Å². The molecular formula is C15H15ClN2O2S. The summed E-state index contributed by atoms with van der Waals surface area (Å²) in [4.78, 5) is 12.5. The number of halogens is 1. The van der Waals surface area contributed by atoms with Crippen molar-refractivity contribution in [1.82, 2.24) is 0 Å². The molecule has 2 rings (SSSR count). The van der Waals surface area contributed by atoms with E-state index in [1.807, 2.05) is 6.92 Å². The molecule has 0 saturated carbocycles. The van der Waals surface area contributed by atoms with Gasteiger partial charge in [0.2, 0.25) is 5.91 Å². The summed E-state index contributed by atoms with van der Waals surface area (Å²) in [5.74, 6) is -0.462. The zero-order valence-corrected chi connectivity index (χ0v) is 13.0. The smallest absolute Gasteiger partial charge is 0.237 e. The van der Waals surface area contributed by atoms with Gasteiger partial charge < -0.3 is 11.1 Å². The van der Waals surface area contributed by atoms with Crippen molar-refractivity contribution in [3.05, 3.63) is 53.1 Å². The van der Waals surface area contributed by atoms with Gasteiger partial charge in [-0.25, -0.2) is 0 Å². The molecule has 0 fully saturated rings. The fourth-order valence-electron chi connectivity index (χ4n) is 1.79. The standard InChI is InChI=1S/C15H15ClN2O2S/c1-10-13(17)6-3-7-14(10)18-15(19)9-21(20)12-5-2-4-11(16)8-12/h2-8H,9,17H2,1H3,(H,18,19). The molecule has 1 unspecified atom stereocenters. The van der Waals surface area contributed by atoms with Gasteiger partial charge in [-0.15, -0.1) is 0 Å². The molecule has 2 aromatic rings. The number of nitrogens with two attached hydrogens (primary N) is 1. The van der Waals surface area contributed by atoms with E-state index in [2.05, 4.69) is 5.32 Å². The molecule has 3 N–H and O–H groups in total. The van der Waals surface area contributed by atoms with E-state index in [4.69, 9.17) is 17.3 Å². The Morgan fingerprint density at radius 1 is 1.29 bits per heavy atom. The first-order valence-electron chi connectivity index (χ1n) is 6.26. The van der Waals surface area contributed by atoms with E-state index >= 15 is 0 Å². The molecule has 6 heteroatoms. The van der Waals surface area contributed by atoms with Gasteiger partial charge in [-0.05, 0) is 42.8 Å². The molecule has 0 bridgehead atoms. The lowest BCUT2D eigenvalue weighted by Crippen LogP contribution is -2.20. The van der Waals surface area contributed by atoms with Crippen molar-refractivity contribution in [2.24, 2.45) is 0 Å². The molecule has 2 aromatic carbocycles. The summed E-state index contributed by atoms with van der Waals surface area (Å²) in [7, 11) is -1.44. The van der Waals surface area contributed by atoms with Gasteiger partial charge >= 0.3 is 0 Å². The normalized spacial score (nSPS) is 11.9. The quantitative estimate of drug-likeness (QED) is 0.850. The molecule has 0 radical (unpaired) electrons. The maximum Gasteiger partial charge on any atom is 0.237 e. The second-order valence-electron chi connectivity index (χ2n) is 4.52. The molecule has 0 heterocycles. The number of nitrogens with one attached hydrogen (secondary N) is 1. The molecule has 1 atom stereocenters. The van der Waals surface area contributed by atoms with Crippen LogP contribution in [0, 0.1) is 6.92 Å². The Bertz CT molecular complexity index is 704. The molecule has 0 aliphatic carbocycles. The third kappa shape index (κ3) is 4.06. The lowest BCUT2D eigenvalue weighted by atomic mass is 10.1. The first-order valence-corrected chi connectivity index (χ1v) is 7.96. The van der Waals surface area contributed by atoms with Gasteiger partial charge in [0.05, 0.1) is 10.8 Å². The third-order valence-electron chi connectivity index (χ3n) is 2.97. The predicted molar refractivity (Wildman–Crippen MR) is 86.9 cm³/mol. The van der Waals surface area contributed by atoms with Gasteiger partial charge in [0.15, 0.2) is 0 Å². The molecule has 0 saturated heterocycles. The van der Waals surface area contributed by atoms with Crippen LogP contribution in [0.3, 0.4) is 0 Å². The topological polar surface area (TPSA) is 72.2 Å². The summed E-state index contributed by atoms with van der Waals surface area (Å²) < 4.78 is 12.1. The van der Waals surface area contributed by atoms with Crippen LogP contribution >= 0.6 is 11.6 Å². The number of hydrogen-bond acceptors (Lipinski definition) is 3. The van der Waals surface area contributed by atoms with Crippen LogP contribution in [0.5, 0.6) is 0 Å². The number of carbonyl (C=O) groups is 1. The third-order valence-corrected chi connectivity index (χ3v) is 4.51. The summed E-state index contributed by atoms with van der Waals surface area (Å²) in [6.45, 7) is 1.82. The maximum atomic E-state index is 12.1. The van der Waals surface area contributed by atoms with Crippen LogP contribution in [0.15, 0.2) is 47.4 Å². The van der Waals surface area contributed by atoms with Crippen molar-refractivity contribution >= 4 is 39.7 Å². The summed E-state index contributed by atoms with van der Waals surface area (Å²) in [5.41, 5.74) is 7.80. The Kier molecular flexibility index (Phi) is 4.98. The van der Waals surface area contributed by atoms with Gasteiger partial charge in [-0.2, -0.15) is 0 Å². The van der Waals surface area contributed by atoms with Crippen molar-refractivity contribution in [2.45, 2.75) is 11.8 Å². The first-order chi connectivity index (χ1) is 9.97. The van der Waals surface area contributed by atoms with E-state index in [9.17, 15) is 9.00 Å². The fourth-order valence-corrected chi connectivity index (χ4v) is 3.01. The number of rotatable bonds is 4. The molecule has 110 valence electrons. The van der Waals surface area contributed by atoms with Crippen LogP contribution in [0.1, 0.15) is 5.56 Å². The molecule has 4 nitrogen and oxygen atoms in total. The highest BCUT2D eigenvalue weighted by molar-refractivity contribution is 7.85. The number of amides is 1. The zero-order chi connectivity index (χ0) is 15.4. The predicted octanol–water partition coefficient (Wildman–Crippen LogP) is 2.98. The van der Waals surface area contributed by atoms with E-state index in [0.29, 0.717) is 21.3 Å².